The molecule has 0 aliphatic carbocycles. The van der Waals surface area contributed by atoms with Crippen molar-refractivity contribution in [3.8, 4) is 0 Å². The van der Waals surface area contributed by atoms with Gasteiger partial charge in [-0.15, -0.1) is 0 Å². The van der Waals surface area contributed by atoms with E-state index < -0.39 is 21.4 Å². The number of rotatable bonds is 5. The number of aryl methyl sites for hydroxylation is 1. The largest absolute Gasteiger partial charge is 0.411 e. The maximum atomic E-state index is 12.0. The molecule has 0 aliphatic heterocycles. The van der Waals surface area contributed by atoms with E-state index in [0.29, 0.717) is 0 Å². The lowest BCUT2D eigenvalue weighted by atomic mass is 10.2. The van der Waals surface area contributed by atoms with Gasteiger partial charge in [-0.25, -0.2) is 8.42 Å². The van der Waals surface area contributed by atoms with Crippen molar-refractivity contribution >= 4 is 43.1 Å². The van der Waals surface area contributed by atoms with E-state index in [1.165, 1.54) is 33.9 Å². The molecule has 5 rings (SSSR count). The third kappa shape index (κ3) is 7.16. The van der Waals surface area contributed by atoms with Crippen molar-refractivity contribution < 1.29 is 18.4 Å². The van der Waals surface area contributed by atoms with Gasteiger partial charge in [0, 0.05) is 29.8 Å². The molecule has 0 amide bonds. The molecule has 3 aromatic carbocycles. The van der Waals surface area contributed by atoms with Gasteiger partial charge in [0.1, 0.15) is 11.5 Å². The second kappa shape index (κ2) is 12.5. The SMILES string of the molecule is CCC(=O)C(CS(=O)(=O)c1ccc(C)cc1)=NO.c1ccc2[nH]ccc2c1.c1ccc2[nH]ccc2c1. The van der Waals surface area contributed by atoms with E-state index >= 15 is 0 Å². The van der Waals surface area contributed by atoms with Gasteiger partial charge in [0.25, 0.3) is 0 Å². The zero-order chi connectivity index (χ0) is 26.0. The number of sulfone groups is 1. The molecule has 0 radical (unpaired) electrons. The molecule has 0 atom stereocenters. The maximum absolute atomic E-state index is 12.0. The molecule has 2 aromatic heterocycles. The molecular weight excluding hydrogens is 474 g/mol. The number of aromatic amines is 2. The van der Waals surface area contributed by atoms with E-state index in [1.807, 2.05) is 43.6 Å². The summed E-state index contributed by atoms with van der Waals surface area (Å²) in [5, 5.41) is 14.0. The Balaban J connectivity index is 0.000000165. The van der Waals surface area contributed by atoms with Crippen LogP contribution >= 0.6 is 0 Å². The minimum Gasteiger partial charge on any atom is -0.411 e. The zero-order valence-corrected chi connectivity index (χ0v) is 21.0. The summed E-state index contributed by atoms with van der Waals surface area (Å²) in [5.41, 5.74) is 3.02. The summed E-state index contributed by atoms with van der Waals surface area (Å²) in [5.74, 6) is -1.06. The summed E-state index contributed by atoms with van der Waals surface area (Å²) in [4.78, 5) is 17.7. The molecule has 36 heavy (non-hydrogen) atoms. The van der Waals surface area contributed by atoms with Gasteiger partial charge in [-0.2, -0.15) is 0 Å². The molecule has 0 spiro atoms. The topological polar surface area (TPSA) is 115 Å². The first-order chi connectivity index (χ1) is 17.3. The lowest BCUT2D eigenvalue weighted by Gasteiger charge is -2.05. The third-order valence-corrected chi connectivity index (χ3v) is 7.04. The first kappa shape index (κ1) is 26.4. The van der Waals surface area contributed by atoms with Gasteiger partial charge < -0.3 is 15.2 Å². The predicted octanol–water partition coefficient (Wildman–Crippen LogP) is 5.91. The fraction of sp³-hybridized carbons (Fsp3) is 0.143. The Bertz CT molecular complexity index is 1420. The highest BCUT2D eigenvalue weighted by Crippen LogP contribution is 2.13. The Morgan fingerprint density at radius 3 is 1.75 bits per heavy atom. The van der Waals surface area contributed by atoms with Crippen LogP contribution in [0.2, 0.25) is 0 Å². The van der Waals surface area contributed by atoms with Gasteiger partial charge in [0.05, 0.1) is 4.90 Å². The number of oxime groups is 1. The van der Waals surface area contributed by atoms with Crippen molar-refractivity contribution in [2.24, 2.45) is 5.16 Å². The van der Waals surface area contributed by atoms with Gasteiger partial charge in [-0.05, 0) is 54.1 Å². The van der Waals surface area contributed by atoms with E-state index in [9.17, 15) is 13.2 Å². The highest BCUT2D eigenvalue weighted by molar-refractivity contribution is 7.92. The molecular formula is C28H29N3O4S. The molecule has 0 fully saturated rings. The van der Waals surface area contributed by atoms with E-state index in [0.717, 1.165) is 5.56 Å². The average molecular weight is 504 g/mol. The van der Waals surface area contributed by atoms with Crippen molar-refractivity contribution in [3.63, 3.8) is 0 Å². The summed E-state index contributed by atoms with van der Waals surface area (Å²) in [6.45, 7) is 3.42. The molecule has 3 N–H and O–H groups in total. The number of benzene rings is 3. The highest BCUT2D eigenvalue weighted by atomic mass is 32.2. The van der Waals surface area contributed by atoms with Crippen molar-refractivity contribution in [1.82, 2.24) is 9.97 Å². The number of para-hydroxylation sites is 2. The number of H-pyrrole nitrogens is 2. The first-order valence-electron chi connectivity index (χ1n) is 11.4. The van der Waals surface area contributed by atoms with Crippen LogP contribution in [0, 0.1) is 6.92 Å². The quantitative estimate of drug-likeness (QED) is 0.157. The van der Waals surface area contributed by atoms with Crippen molar-refractivity contribution in [2.75, 3.05) is 5.75 Å². The first-order valence-corrected chi connectivity index (χ1v) is 13.1. The van der Waals surface area contributed by atoms with Crippen LogP contribution in [-0.4, -0.2) is 40.8 Å². The zero-order valence-electron chi connectivity index (χ0n) is 20.2. The minimum atomic E-state index is -3.66. The molecule has 2 heterocycles. The van der Waals surface area contributed by atoms with Crippen molar-refractivity contribution in [1.29, 1.82) is 0 Å². The summed E-state index contributed by atoms with van der Waals surface area (Å²) in [7, 11) is -3.66. The molecule has 0 saturated carbocycles. The minimum absolute atomic E-state index is 0.100. The van der Waals surface area contributed by atoms with Crippen LogP contribution in [0.5, 0.6) is 0 Å². The van der Waals surface area contributed by atoms with Crippen LogP contribution in [0.25, 0.3) is 21.8 Å². The van der Waals surface area contributed by atoms with Crippen molar-refractivity contribution in [3.05, 3.63) is 103 Å². The number of carbonyl (C=O) groups is 1. The van der Waals surface area contributed by atoms with Gasteiger partial charge in [0.15, 0.2) is 15.6 Å². The smallest absolute Gasteiger partial charge is 0.184 e. The molecule has 0 unspecified atom stereocenters. The second-order valence-corrected chi connectivity index (χ2v) is 10.0. The average Bonchev–Trinajstić information content (AvgIpc) is 3.57. The normalized spacial score (nSPS) is 11.3. The van der Waals surface area contributed by atoms with Crippen LogP contribution < -0.4 is 0 Å². The fourth-order valence-corrected chi connectivity index (χ4v) is 4.66. The Morgan fingerprint density at radius 2 is 1.31 bits per heavy atom. The monoisotopic (exact) mass is 503 g/mol. The Labute approximate surface area is 210 Å². The molecule has 186 valence electrons. The molecule has 0 saturated heterocycles. The molecule has 5 aromatic rings. The van der Waals surface area contributed by atoms with E-state index in [4.69, 9.17) is 5.21 Å². The van der Waals surface area contributed by atoms with Gasteiger partial charge in [-0.1, -0.05) is 66.2 Å². The van der Waals surface area contributed by atoms with Gasteiger partial charge in [0.2, 0.25) is 0 Å². The summed E-state index contributed by atoms with van der Waals surface area (Å²) < 4.78 is 24.0. The number of Topliss-reactive ketones (excluding diaryl/α,β-unsaturated/α-hetero) is 1. The van der Waals surface area contributed by atoms with Crippen LogP contribution in [-0.2, 0) is 14.6 Å². The van der Waals surface area contributed by atoms with Gasteiger partial charge >= 0.3 is 0 Å². The van der Waals surface area contributed by atoms with Crippen LogP contribution in [0.3, 0.4) is 0 Å². The summed E-state index contributed by atoms with van der Waals surface area (Å²) in [6, 6.07) is 26.8. The Hall–Kier alpha value is -4.17. The highest BCUT2D eigenvalue weighted by Gasteiger charge is 2.22. The molecule has 7 nitrogen and oxygen atoms in total. The van der Waals surface area contributed by atoms with Gasteiger partial charge in [-0.3, -0.25) is 4.79 Å². The van der Waals surface area contributed by atoms with E-state index in [-0.39, 0.29) is 17.0 Å². The molecule has 0 aliphatic rings. The van der Waals surface area contributed by atoms with E-state index in [1.54, 1.807) is 19.1 Å². The predicted molar refractivity (Wildman–Crippen MR) is 144 cm³/mol. The number of fused-ring (bicyclic) bond motifs is 2. The standard InChI is InChI=1S/C12H15NO4S.2C8H7N/c1-3-12(14)11(13-15)8-18(16,17)10-6-4-9(2)5-7-10;2*1-2-4-8-7(3-1)5-6-9-8/h4-7,15H,3,8H2,1-2H3;2*1-6,9H. The lowest BCUT2D eigenvalue weighted by molar-refractivity contribution is -0.112. The second-order valence-electron chi connectivity index (χ2n) is 8.03. The maximum Gasteiger partial charge on any atom is 0.184 e. The van der Waals surface area contributed by atoms with E-state index in [2.05, 4.69) is 51.5 Å². The van der Waals surface area contributed by atoms with Crippen molar-refractivity contribution in [2.45, 2.75) is 25.2 Å². The van der Waals surface area contributed by atoms with Crippen LogP contribution in [0.4, 0.5) is 0 Å². The summed E-state index contributed by atoms with van der Waals surface area (Å²) >= 11 is 0. The number of nitrogens with one attached hydrogen (secondary N) is 2. The molecule has 8 heteroatoms. The summed E-state index contributed by atoms with van der Waals surface area (Å²) in [6.07, 6.45) is 4.00. The number of hydrogen-bond donors (Lipinski definition) is 3. The Morgan fingerprint density at radius 1 is 0.806 bits per heavy atom. The number of nitrogens with zero attached hydrogens (tertiary/aromatic N) is 1. The number of hydrogen-bond acceptors (Lipinski definition) is 5. The number of carbonyl (C=O) groups excluding carboxylic acids is 1. The fourth-order valence-electron chi connectivity index (χ4n) is 3.37. The van der Waals surface area contributed by atoms with Crippen LogP contribution in [0.15, 0.2) is 107 Å². The molecule has 0 bridgehead atoms. The Kier molecular flexibility index (Phi) is 9.19. The lowest BCUT2D eigenvalue weighted by Crippen LogP contribution is -2.23. The number of aromatic nitrogens is 2. The van der Waals surface area contributed by atoms with Crippen LogP contribution in [0.1, 0.15) is 18.9 Å². The number of ketones is 1. The third-order valence-electron chi connectivity index (χ3n) is 5.40.